The molecule has 35 heavy (non-hydrogen) atoms. The lowest BCUT2D eigenvalue weighted by Crippen LogP contribution is -2.41. The largest absolute Gasteiger partial charge is 0.481 e. The predicted molar refractivity (Wildman–Crippen MR) is 127 cm³/mol. The minimum Gasteiger partial charge on any atom is -0.481 e. The van der Waals surface area contributed by atoms with Crippen molar-refractivity contribution in [1.29, 1.82) is 0 Å². The molecule has 0 aromatic heterocycles. The number of rotatable bonds is 9. The fourth-order valence-electron chi connectivity index (χ4n) is 4.17. The van der Waals surface area contributed by atoms with Crippen LogP contribution in [0.1, 0.15) is 66.9 Å². The van der Waals surface area contributed by atoms with E-state index in [0.717, 1.165) is 23.8 Å². The fourth-order valence-corrected chi connectivity index (χ4v) is 4.17. The molecule has 2 rings (SSSR count). The van der Waals surface area contributed by atoms with Crippen LogP contribution in [-0.4, -0.2) is 31.3 Å². The van der Waals surface area contributed by atoms with Crippen LogP contribution in [0.4, 0.5) is 22.0 Å². The third-order valence-electron chi connectivity index (χ3n) is 7.10. The maximum atomic E-state index is 13.0. The van der Waals surface area contributed by atoms with E-state index in [0.29, 0.717) is 11.1 Å². The van der Waals surface area contributed by atoms with Crippen molar-refractivity contribution >= 4 is 16.7 Å². The number of ether oxygens (including phenoxy) is 2. The van der Waals surface area contributed by atoms with Crippen LogP contribution in [0.15, 0.2) is 36.4 Å². The molecule has 2 aromatic rings. The predicted octanol–water partition coefficient (Wildman–Crippen LogP) is 8.09. The molecule has 196 valence electrons. The standard InChI is InChI=1S/C27H35F5O3/c1-8-24(5,6)16-25(7,23(2,3)4)20-13-9-12-19-18(20)11-10-14-21(19)34-15-22(33)35-17-26(28,29)27(30,31)32/h9-14H,8,15-17H2,1-7H3. The Morgan fingerprint density at radius 3 is 1.97 bits per heavy atom. The molecular formula is C27H35F5O3. The van der Waals surface area contributed by atoms with Gasteiger partial charge in [-0.3, -0.25) is 0 Å². The van der Waals surface area contributed by atoms with E-state index < -0.39 is 31.3 Å². The van der Waals surface area contributed by atoms with Crippen molar-refractivity contribution in [2.45, 2.75) is 78.8 Å². The summed E-state index contributed by atoms with van der Waals surface area (Å²) in [6.07, 6.45) is -3.87. The van der Waals surface area contributed by atoms with Crippen LogP contribution in [0.2, 0.25) is 0 Å². The summed E-state index contributed by atoms with van der Waals surface area (Å²) in [6.45, 7) is 12.6. The highest BCUT2D eigenvalue weighted by atomic mass is 19.4. The lowest BCUT2D eigenvalue weighted by molar-refractivity contribution is -0.294. The number of fused-ring (bicyclic) bond motifs is 1. The minimum absolute atomic E-state index is 0.0839. The van der Waals surface area contributed by atoms with Crippen molar-refractivity contribution in [3.63, 3.8) is 0 Å². The van der Waals surface area contributed by atoms with Crippen LogP contribution in [0, 0.1) is 10.8 Å². The molecule has 0 saturated heterocycles. The Morgan fingerprint density at radius 1 is 0.857 bits per heavy atom. The van der Waals surface area contributed by atoms with E-state index in [9.17, 15) is 26.7 Å². The Morgan fingerprint density at radius 2 is 1.43 bits per heavy atom. The molecule has 0 fully saturated rings. The van der Waals surface area contributed by atoms with Crippen LogP contribution in [0.5, 0.6) is 5.75 Å². The van der Waals surface area contributed by atoms with Gasteiger partial charge in [-0.15, -0.1) is 0 Å². The second-order valence-electron chi connectivity index (χ2n) is 11.1. The first-order valence-electron chi connectivity index (χ1n) is 11.6. The van der Waals surface area contributed by atoms with Gasteiger partial charge in [0.1, 0.15) is 5.75 Å². The summed E-state index contributed by atoms with van der Waals surface area (Å²) in [5.41, 5.74) is 0.868. The van der Waals surface area contributed by atoms with Crippen molar-refractivity contribution in [3.05, 3.63) is 42.0 Å². The number of alkyl halides is 5. The monoisotopic (exact) mass is 502 g/mol. The summed E-state index contributed by atoms with van der Waals surface area (Å²) >= 11 is 0. The van der Waals surface area contributed by atoms with Gasteiger partial charge in [0, 0.05) is 5.39 Å². The molecule has 0 N–H and O–H groups in total. The Bertz CT molecular complexity index is 1040. The van der Waals surface area contributed by atoms with Gasteiger partial charge in [0.25, 0.3) is 0 Å². The number of hydrogen-bond donors (Lipinski definition) is 0. The van der Waals surface area contributed by atoms with Crippen molar-refractivity contribution < 1.29 is 36.2 Å². The maximum absolute atomic E-state index is 13.0. The molecular weight excluding hydrogens is 467 g/mol. The molecule has 1 atom stereocenters. The summed E-state index contributed by atoms with van der Waals surface area (Å²) in [7, 11) is 0. The van der Waals surface area contributed by atoms with E-state index in [1.165, 1.54) is 0 Å². The normalized spacial score (nSPS) is 15.1. The second-order valence-corrected chi connectivity index (χ2v) is 11.1. The Labute approximate surface area is 204 Å². The van der Waals surface area contributed by atoms with Crippen molar-refractivity contribution in [3.8, 4) is 5.75 Å². The molecule has 3 nitrogen and oxygen atoms in total. The highest BCUT2D eigenvalue weighted by Gasteiger charge is 2.58. The molecule has 0 aliphatic rings. The average molecular weight is 503 g/mol. The third-order valence-corrected chi connectivity index (χ3v) is 7.10. The molecule has 0 aliphatic heterocycles. The van der Waals surface area contributed by atoms with Gasteiger partial charge in [0.15, 0.2) is 13.2 Å². The van der Waals surface area contributed by atoms with Crippen LogP contribution in [0.3, 0.4) is 0 Å². The van der Waals surface area contributed by atoms with E-state index in [4.69, 9.17) is 4.74 Å². The van der Waals surface area contributed by atoms with Crippen molar-refractivity contribution in [2.24, 2.45) is 10.8 Å². The van der Waals surface area contributed by atoms with Crippen molar-refractivity contribution in [2.75, 3.05) is 13.2 Å². The lowest BCUT2D eigenvalue weighted by Gasteiger charge is -2.47. The third kappa shape index (κ3) is 6.44. The van der Waals surface area contributed by atoms with Crippen LogP contribution >= 0.6 is 0 Å². The maximum Gasteiger partial charge on any atom is 0.456 e. The average Bonchev–Trinajstić information content (AvgIpc) is 2.73. The highest BCUT2D eigenvalue weighted by molar-refractivity contribution is 5.92. The molecule has 8 heteroatoms. The zero-order valence-corrected chi connectivity index (χ0v) is 21.4. The summed E-state index contributed by atoms with van der Waals surface area (Å²) in [6, 6.07) is 11.1. The van der Waals surface area contributed by atoms with Gasteiger partial charge >= 0.3 is 18.1 Å². The van der Waals surface area contributed by atoms with E-state index >= 15 is 0 Å². The molecule has 0 saturated carbocycles. The first-order chi connectivity index (χ1) is 15.8. The summed E-state index contributed by atoms with van der Waals surface area (Å²) < 4.78 is 72.5. The van der Waals surface area contributed by atoms with E-state index in [-0.39, 0.29) is 16.2 Å². The molecule has 0 radical (unpaired) electrons. The number of carbonyl (C=O) groups is 1. The van der Waals surface area contributed by atoms with E-state index in [1.54, 1.807) is 12.1 Å². The van der Waals surface area contributed by atoms with Gasteiger partial charge < -0.3 is 9.47 Å². The molecule has 1 unspecified atom stereocenters. The summed E-state index contributed by atoms with van der Waals surface area (Å²) in [5, 5.41) is 1.63. The Hall–Kier alpha value is -2.38. The zero-order chi connectivity index (χ0) is 26.9. The first kappa shape index (κ1) is 28.9. The zero-order valence-electron chi connectivity index (χ0n) is 21.4. The van der Waals surface area contributed by atoms with Gasteiger partial charge in [0.2, 0.25) is 0 Å². The molecule has 2 aromatic carbocycles. The highest BCUT2D eigenvalue weighted by Crippen LogP contribution is 2.51. The number of benzene rings is 2. The SMILES string of the molecule is CCC(C)(C)CC(C)(c1cccc2c(OCC(=O)OCC(F)(F)C(F)(F)F)cccc12)C(C)(C)C. The van der Waals surface area contributed by atoms with Gasteiger partial charge in [0.05, 0.1) is 0 Å². The summed E-state index contributed by atoms with van der Waals surface area (Å²) in [5.74, 6) is -6.12. The lowest BCUT2D eigenvalue weighted by atomic mass is 9.57. The van der Waals surface area contributed by atoms with E-state index in [1.807, 2.05) is 18.2 Å². The second kappa shape index (κ2) is 9.94. The summed E-state index contributed by atoms with van der Waals surface area (Å²) in [4.78, 5) is 11.8. The quantitative estimate of drug-likeness (QED) is 0.257. The van der Waals surface area contributed by atoms with Gasteiger partial charge in [-0.1, -0.05) is 85.2 Å². The Kier molecular flexibility index (Phi) is 8.19. The minimum atomic E-state index is -5.80. The van der Waals surface area contributed by atoms with Crippen LogP contribution in [0.25, 0.3) is 10.8 Å². The van der Waals surface area contributed by atoms with E-state index in [2.05, 4.69) is 59.3 Å². The number of carbonyl (C=O) groups excluding carboxylic acids is 1. The first-order valence-corrected chi connectivity index (χ1v) is 11.6. The van der Waals surface area contributed by atoms with Gasteiger partial charge in [-0.05, 0) is 39.7 Å². The molecule has 0 heterocycles. The van der Waals surface area contributed by atoms with Crippen LogP contribution < -0.4 is 4.74 Å². The topological polar surface area (TPSA) is 35.5 Å². The molecule has 0 amide bonds. The van der Waals surface area contributed by atoms with Crippen LogP contribution in [-0.2, 0) is 14.9 Å². The van der Waals surface area contributed by atoms with Gasteiger partial charge in [-0.2, -0.15) is 22.0 Å². The van der Waals surface area contributed by atoms with Gasteiger partial charge in [-0.25, -0.2) is 4.79 Å². The number of hydrogen-bond acceptors (Lipinski definition) is 3. The molecule has 0 spiro atoms. The molecule has 0 bridgehead atoms. The van der Waals surface area contributed by atoms with Crippen molar-refractivity contribution in [1.82, 2.24) is 0 Å². The smallest absolute Gasteiger partial charge is 0.456 e. The Balaban J connectivity index is 2.35. The number of halogens is 5. The number of esters is 1. The fraction of sp³-hybridized carbons (Fsp3) is 0.593. The molecule has 0 aliphatic carbocycles.